The van der Waals surface area contributed by atoms with Crippen molar-refractivity contribution in [2.75, 3.05) is 13.7 Å². The molecule has 0 aliphatic rings. The van der Waals surface area contributed by atoms with Crippen LogP contribution in [0.3, 0.4) is 0 Å². The van der Waals surface area contributed by atoms with E-state index in [-0.39, 0.29) is 18.2 Å². The molecule has 0 atom stereocenters. The maximum atomic E-state index is 13.7. The smallest absolute Gasteiger partial charge is 0.251 e. The molecule has 0 aromatic heterocycles. The molecule has 0 bridgehead atoms. The first-order chi connectivity index (χ1) is 10.6. The predicted molar refractivity (Wildman–Crippen MR) is 81.7 cm³/mol. The molecular formula is C17H18FNO3. The maximum Gasteiger partial charge on any atom is 0.251 e. The van der Waals surface area contributed by atoms with Crippen molar-refractivity contribution in [3.63, 3.8) is 0 Å². The Labute approximate surface area is 128 Å². The van der Waals surface area contributed by atoms with Crippen LogP contribution in [0.4, 0.5) is 4.39 Å². The Morgan fingerprint density at radius 1 is 1.18 bits per heavy atom. The fourth-order valence-corrected chi connectivity index (χ4v) is 1.95. The minimum atomic E-state index is -0.432. The van der Waals surface area contributed by atoms with Gasteiger partial charge in [-0.3, -0.25) is 4.79 Å². The van der Waals surface area contributed by atoms with E-state index >= 15 is 0 Å². The Kier molecular flexibility index (Phi) is 5.36. The topological polar surface area (TPSA) is 47.6 Å². The fourth-order valence-electron chi connectivity index (χ4n) is 1.95. The van der Waals surface area contributed by atoms with E-state index in [4.69, 9.17) is 9.47 Å². The lowest BCUT2D eigenvalue weighted by Gasteiger charge is -2.08. The van der Waals surface area contributed by atoms with Crippen LogP contribution in [0.15, 0.2) is 42.5 Å². The molecule has 116 valence electrons. The third kappa shape index (κ3) is 3.97. The molecule has 0 saturated heterocycles. The molecular weight excluding hydrogens is 285 g/mol. The Morgan fingerprint density at radius 2 is 1.91 bits per heavy atom. The molecule has 1 N–H and O–H groups in total. The van der Waals surface area contributed by atoms with Crippen LogP contribution in [0.25, 0.3) is 0 Å². The summed E-state index contributed by atoms with van der Waals surface area (Å²) in [7, 11) is 1.57. The molecule has 0 heterocycles. The molecule has 0 aliphatic heterocycles. The van der Waals surface area contributed by atoms with Crippen molar-refractivity contribution in [1.82, 2.24) is 5.32 Å². The highest BCUT2D eigenvalue weighted by Gasteiger charge is 2.07. The van der Waals surface area contributed by atoms with Gasteiger partial charge in [-0.1, -0.05) is 6.07 Å². The number of hydrogen-bond donors (Lipinski definition) is 1. The molecule has 2 aromatic rings. The van der Waals surface area contributed by atoms with Crippen LogP contribution in [-0.4, -0.2) is 19.6 Å². The maximum absolute atomic E-state index is 13.7. The number of benzene rings is 2. The van der Waals surface area contributed by atoms with Crippen LogP contribution in [0, 0.1) is 5.82 Å². The average Bonchev–Trinajstić information content (AvgIpc) is 2.55. The van der Waals surface area contributed by atoms with Gasteiger partial charge in [0.2, 0.25) is 0 Å². The molecule has 0 saturated carbocycles. The SMILES string of the molecule is CCOc1ccc(CNC(=O)c2ccc(OC)cc2)cc1F. The number of amides is 1. The summed E-state index contributed by atoms with van der Waals surface area (Å²) in [5, 5.41) is 2.74. The Morgan fingerprint density at radius 3 is 2.50 bits per heavy atom. The van der Waals surface area contributed by atoms with E-state index in [1.54, 1.807) is 50.4 Å². The van der Waals surface area contributed by atoms with Crippen molar-refractivity contribution >= 4 is 5.91 Å². The first kappa shape index (κ1) is 15.8. The van der Waals surface area contributed by atoms with Gasteiger partial charge >= 0.3 is 0 Å². The van der Waals surface area contributed by atoms with Crippen LogP contribution < -0.4 is 14.8 Å². The van der Waals surface area contributed by atoms with Crippen LogP contribution in [0.2, 0.25) is 0 Å². The third-order valence-corrected chi connectivity index (χ3v) is 3.10. The predicted octanol–water partition coefficient (Wildman–Crippen LogP) is 3.16. The summed E-state index contributed by atoms with van der Waals surface area (Å²) in [6, 6.07) is 11.4. The number of hydrogen-bond acceptors (Lipinski definition) is 3. The molecule has 22 heavy (non-hydrogen) atoms. The average molecular weight is 303 g/mol. The zero-order valence-corrected chi connectivity index (χ0v) is 12.6. The number of carbonyl (C=O) groups is 1. The van der Waals surface area contributed by atoms with Gasteiger partial charge in [-0.2, -0.15) is 0 Å². The standard InChI is InChI=1S/C17H18FNO3/c1-3-22-16-9-4-12(10-15(16)18)11-19-17(20)13-5-7-14(21-2)8-6-13/h4-10H,3,11H2,1-2H3,(H,19,20). The van der Waals surface area contributed by atoms with Crippen LogP contribution in [0.5, 0.6) is 11.5 Å². The van der Waals surface area contributed by atoms with Crippen LogP contribution >= 0.6 is 0 Å². The fraction of sp³-hybridized carbons (Fsp3) is 0.235. The van der Waals surface area contributed by atoms with Crippen molar-refractivity contribution in [2.45, 2.75) is 13.5 Å². The summed E-state index contributed by atoms with van der Waals surface area (Å²) in [4.78, 5) is 12.0. The zero-order chi connectivity index (χ0) is 15.9. The van der Waals surface area contributed by atoms with Gasteiger partial charge < -0.3 is 14.8 Å². The number of rotatable bonds is 6. The van der Waals surface area contributed by atoms with E-state index in [9.17, 15) is 9.18 Å². The molecule has 5 heteroatoms. The minimum Gasteiger partial charge on any atom is -0.497 e. The molecule has 0 radical (unpaired) electrons. The highest BCUT2D eigenvalue weighted by Crippen LogP contribution is 2.18. The van der Waals surface area contributed by atoms with E-state index in [0.717, 1.165) is 0 Å². The summed E-state index contributed by atoms with van der Waals surface area (Å²) in [6.45, 7) is 2.45. The summed E-state index contributed by atoms with van der Waals surface area (Å²) >= 11 is 0. The number of nitrogens with one attached hydrogen (secondary N) is 1. The Hall–Kier alpha value is -2.56. The number of carbonyl (C=O) groups excluding carboxylic acids is 1. The van der Waals surface area contributed by atoms with E-state index in [1.807, 2.05) is 0 Å². The molecule has 0 spiro atoms. The van der Waals surface area contributed by atoms with E-state index < -0.39 is 5.82 Å². The van der Waals surface area contributed by atoms with Gasteiger partial charge in [-0.15, -0.1) is 0 Å². The monoisotopic (exact) mass is 303 g/mol. The molecule has 4 nitrogen and oxygen atoms in total. The second kappa shape index (κ2) is 7.45. The number of methoxy groups -OCH3 is 1. The van der Waals surface area contributed by atoms with Gasteiger partial charge in [0.25, 0.3) is 5.91 Å². The van der Waals surface area contributed by atoms with Gasteiger partial charge in [-0.05, 0) is 48.9 Å². The van der Waals surface area contributed by atoms with Crippen LogP contribution in [0.1, 0.15) is 22.8 Å². The van der Waals surface area contributed by atoms with Crippen molar-refractivity contribution in [1.29, 1.82) is 0 Å². The molecule has 0 unspecified atom stereocenters. The van der Waals surface area contributed by atoms with E-state index in [1.165, 1.54) is 6.07 Å². The Bertz CT molecular complexity index is 641. The van der Waals surface area contributed by atoms with Crippen LogP contribution in [-0.2, 0) is 6.54 Å². The summed E-state index contributed by atoms with van der Waals surface area (Å²) < 4.78 is 23.9. The number of ether oxygens (including phenoxy) is 2. The highest BCUT2D eigenvalue weighted by atomic mass is 19.1. The van der Waals surface area contributed by atoms with Gasteiger partial charge in [0.05, 0.1) is 13.7 Å². The molecule has 0 aliphatic carbocycles. The lowest BCUT2D eigenvalue weighted by Crippen LogP contribution is -2.22. The number of halogens is 1. The van der Waals surface area contributed by atoms with Gasteiger partial charge in [0.1, 0.15) is 5.75 Å². The minimum absolute atomic E-state index is 0.215. The summed E-state index contributed by atoms with van der Waals surface area (Å²) in [6.07, 6.45) is 0. The van der Waals surface area contributed by atoms with Gasteiger partial charge in [-0.25, -0.2) is 4.39 Å². The first-order valence-corrected chi connectivity index (χ1v) is 6.97. The summed E-state index contributed by atoms with van der Waals surface area (Å²) in [5.74, 6) is 0.243. The van der Waals surface area contributed by atoms with Crippen molar-refractivity contribution < 1.29 is 18.7 Å². The normalized spacial score (nSPS) is 10.1. The zero-order valence-electron chi connectivity index (χ0n) is 12.6. The van der Waals surface area contributed by atoms with Crippen molar-refractivity contribution in [2.24, 2.45) is 0 Å². The first-order valence-electron chi connectivity index (χ1n) is 6.97. The van der Waals surface area contributed by atoms with Gasteiger partial charge in [0.15, 0.2) is 11.6 Å². The van der Waals surface area contributed by atoms with E-state index in [0.29, 0.717) is 23.5 Å². The van der Waals surface area contributed by atoms with Crippen molar-refractivity contribution in [3.8, 4) is 11.5 Å². The highest BCUT2D eigenvalue weighted by molar-refractivity contribution is 5.94. The molecule has 1 amide bonds. The van der Waals surface area contributed by atoms with Crippen molar-refractivity contribution in [3.05, 3.63) is 59.4 Å². The van der Waals surface area contributed by atoms with E-state index in [2.05, 4.69) is 5.32 Å². The largest absolute Gasteiger partial charge is 0.497 e. The van der Waals surface area contributed by atoms with Gasteiger partial charge in [0, 0.05) is 12.1 Å². The molecule has 2 aromatic carbocycles. The quantitative estimate of drug-likeness (QED) is 0.891. The lowest BCUT2D eigenvalue weighted by molar-refractivity contribution is 0.0951. The molecule has 0 fully saturated rings. The Balaban J connectivity index is 1.96. The molecule has 2 rings (SSSR count). The summed E-state index contributed by atoms with van der Waals surface area (Å²) in [5.41, 5.74) is 1.19. The lowest BCUT2D eigenvalue weighted by atomic mass is 10.1. The third-order valence-electron chi connectivity index (χ3n) is 3.10. The second-order valence-corrected chi connectivity index (χ2v) is 4.61. The second-order valence-electron chi connectivity index (χ2n) is 4.61.